The molecule has 1 atom stereocenters. The third-order valence-electron chi connectivity index (χ3n) is 5.68. The molecule has 0 bridgehead atoms. The highest BCUT2D eigenvalue weighted by Gasteiger charge is 2.31. The molecule has 1 N–H and O–H groups in total. The Morgan fingerprint density at radius 3 is 2.62 bits per heavy atom. The van der Waals surface area contributed by atoms with Gasteiger partial charge in [-0.25, -0.2) is 0 Å². The van der Waals surface area contributed by atoms with Crippen molar-refractivity contribution in [3.8, 4) is 0 Å². The molecule has 2 fully saturated rings. The van der Waals surface area contributed by atoms with Crippen molar-refractivity contribution >= 4 is 17.5 Å². The van der Waals surface area contributed by atoms with Crippen molar-refractivity contribution in [1.29, 1.82) is 0 Å². The van der Waals surface area contributed by atoms with Gasteiger partial charge in [-0.05, 0) is 56.7 Å². The number of carbonyl (C=O) groups is 2. The first-order valence-corrected chi connectivity index (χ1v) is 9.81. The molecule has 26 heavy (non-hydrogen) atoms. The van der Waals surface area contributed by atoms with Gasteiger partial charge >= 0.3 is 0 Å². The van der Waals surface area contributed by atoms with E-state index in [1.54, 1.807) is 4.90 Å². The van der Waals surface area contributed by atoms with Crippen LogP contribution in [0.2, 0.25) is 0 Å². The summed E-state index contributed by atoms with van der Waals surface area (Å²) in [7, 11) is 0. The number of hydrogen-bond donors (Lipinski definition) is 1. The molecule has 0 spiro atoms. The van der Waals surface area contributed by atoms with Crippen LogP contribution in [0.4, 0.5) is 5.69 Å². The summed E-state index contributed by atoms with van der Waals surface area (Å²) in [5.41, 5.74) is 3.02. The number of nitrogens with one attached hydrogen (secondary N) is 1. The number of nitrogens with zero attached hydrogens (tertiary/aromatic N) is 1. The number of amides is 2. The maximum absolute atomic E-state index is 12.9. The molecule has 3 rings (SSSR count). The number of rotatable bonds is 6. The maximum atomic E-state index is 12.9. The maximum Gasteiger partial charge on any atom is 0.244 e. The highest BCUT2D eigenvalue weighted by molar-refractivity contribution is 5.95. The van der Waals surface area contributed by atoms with E-state index in [1.165, 1.54) is 0 Å². The van der Waals surface area contributed by atoms with Crippen molar-refractivity contribution in [1.82, 2.24) is 4.90 Å². The highest BCUT2D eigenvalue weighted by Crippen LogP contribution is 2.27. The second-order valence-corrected chi connectivity index (χ2v) is 7.63. The van der Waals surface area contributed by atoms with Gasteiger partial charge in [0.25, 0.3) is 0 Å². The Kier molecular flexibility index (Phi) is 6.30. The van der Waals surface area contributed by atoms with E-state index in [2.05, 4.69) is 5.32 Å². The fraction of sp³-hybridized carbons (Fsp3) is 0.619. The molecular formula is C21H30N2O3. The summed E-state index contributed by atoms with van der Waals surface area (Å²) in [5, 5.41) is 2.98. The molecule has 1 aliphatic heterocycles. The molecule has 2 aliphatic rings. The van der Waals surface area contributed by atoms with Crippen LogP contribution in [0.1, 0.15) is 49.7 Å². The van der Waals surface area contributed by atoms with Gasteiger partial charge in [0.05, 0.1) is 12.6 Å². The first-order valence-electron chi connectivity index (χ1n) is 9.81. The van der Waals surface area contributed by atoms with E-state index in [9.17, 15) is 9.59 Å². The van der Waals surface area contributed by atoms with E-state index >= 15 is 0 Å². The Bertz CT molecular complexity index is 647. The minimum atomic E-state index is -0.136. The minimum Gasteiger partial charge on any atom is -0.376 e. The summed E-state index contributed by atoms with van der Waals surface area (Å²) in [6.45, 7) is 5.40. The van der Waals surface area contributed by atoms with Gasteiger partial charge in [0.15, 0.2) is 0 Å². The molecule has 142 valence electrons. The fourth-order valence-corrected chi connectivity index (χ4v) is 3.95. The Hall–Kier alpha value is -1.88. The average Bonchev–Trinajstić information content (AvgIpc) is 3.31. The highest BCUT2D eigenvalue weighted by atomic mass is 16.5. The minimum absolute atomic E-state index is 0.0638. The van der Waals surface area contributed by atoms with E-state index in [0.29, 0.717) is 6.54 Å². The van der Waals surface area contributed by atoms with Gasteiger partial charge in [-0.15, -0.1) is 0 Å². The van der Waals surface area contributed by atoms with E-state index < -0.39 is 0 Å². The molecule has 1 saturated heterocycles. The van der Waals surface area contributed by atoms with Crippen LogP contribution in [0.3, 0.4) is 0 Å². The molecule has 1 aromatic carbocycles. The van der Waals surface area contributed by atoms with Gasteiger partial charge in [-0.1, -0.05) is 25.0 Å². The van der Waals surface area contributed by atoms with Gasteiger partial charge in [-0.3, -0.25) is 9.59 Å². The lowest BCUT2D eigenvalue weighted by Gasteiger charge is -2.27. The normalized spacial score (nSPS) is 20.3. The van der Waals surface area contributed by atoms with Crippen LogP contribution in [0.15, 0.2) is 18.2 Å². The molecule has 5 nitrogen and oxygen atoms in total. The van der Waals surface area contributed by atoms with Crippen molar-refractivity contribution in [2.45, 2.75) is 58.5 Å². The van der Waals surface area contributed by atoms with Gasteiger partial charge in [-0.2, -0.15) is 0 Å². The second-order valence-electron chi connectivity index (χ2n) is 7.63. The summed E-state index contributed by atoms with van der Waals surface area (Å²) in [4.78, 5) is 27.3. The van der Waals surface area contributed by atoms with Gasteiger partial charge in [0.1, 0.15) is 0 Å². The standard InChI is InChI=1S/C21H30N2O3/c1-15-7-5-11-19(16(15)2)22-20(24)14-23(13-18-10-6-12-26-18)21(25)17-8-3-4-9-17/h5,7,11,17-18H,3-4,6,8-10,12-14H2,1-2H3,(H,22,24). The number of anilines is 1. The van der Waals surface area contributed by atoms with Crippen LogP contribution in [-0.4, -0.2) is 42.5 Å². The lowest BCUT2D eigenvalue weighted by atomic mass is 10.1. The number of ether oxygens (including phenoxy) is 1. The Morgan fingerprint density at radius 2 is 1.92 bits per heavy atom. The first kappa shape index (κ1) is 18.9. The predicted molar refractivity (Wildman–Crippen MR) is 102 cm³/mol. The second kappa shape index (κ2) is 8.67. The lowest BCUT2D eigenvalue weighted by Crippen LogP contribution is -2.44. The molecule has 0 aromatic heterocycles. The van der Waals surface area contributed by atoms with Crippen LogP contribution in [0.5, 0.6) is 0 Å². The zero-order valence-corrected chi connectivity index (χ0v) is 15.9. The van der Waals surface area contributed by atoms with E-state index in [-0.39, 0.29) is 30.4 Å². The zero-order chi connectivity index (χ0) is 18.5. The Balaban J connectivity index is 1.66. The third-order valence-corrected chi connectivity index (χ3v) is 5.68. The van der Waals surface area contributed by atoms with E-state index in [4.69, 9.17) is 4.74 Å². The number of hydrogen-bond acceptors (Lipinski definition) is 3. The smallest absolute Gasteiger partial charge is 0.244 e. The number of aryl methyl sites for hydroxylation is 1. The first-order chi connectivity index (χ1) is 12.5. The van der Waals surface area contributed by atoms with Crippen molar-refractivity contribution in [2.24, 2.45) is 5.92 Å². The molecule has 1 unspecified atom stereocenters. The fourth-order valence-electron chi connectivity index (χ4n) is 3.95. The topological polar surface area (TPSA) is 58.6 Å². The average molecular weight is 358 g/mol. The third kappa shape index (κ3) is 4.64. The summed E-state index contributed by atoms with van der Waals surface area (Å²) in [6.07, 6.45) is 6.17. The summed E-state index contributed by atoms with van der Waals surface area (Å²) >= 11 is 0. The summed E-state index contributed by atoms with van der Waals surface area (Å²) < 4.78 is 5.71. The SMILES string of the molecule is Cc1cccc(NC(=O)CN(CC2CCCO2)C(=O)C2CCCC2)c1C. The molecule has 0 radical (unpaired) electrons. The molecule has 2 amide bonds. The summed E-state index contributed by atoms with van der Waals surface area (Å²) in [6, 6.07) is 5.87. The molecular weight excluding hydrogens is 328 g/mol. The van der Waals surface area contributed by atoms with Gasteiger partial charge < -0.3 is 15.0 Å². The van der Waals surface area contributed by atoms with E-state index in [1.807, 2.05) is 32.0 Å². The van der Waals surface area contributed by atoms with Gasteiger partial charge in [0.2, 0.25) is 11.8 Å². The van der Waals surface area contributed by atoms with Crippen molar-refractivity contribution in [2.75, 3.05) is 25.0 Å². The number of benzene rings is 1. The van der Waals surface area contributed by atoms with Crippen LogP contribution >= 0.6 is 0 Å². The van der Waals surface area contributed by atoms with Crippen LogP contribution in [0.25, 0.3) is 0 Å². The number of carbonyl (C=O) groups excluding carboxylic acids is 2. The Labute approximate surface area is 156 Å². The van der Waals surface area contributed by atoms with Gasteiger partial charge in [0, 0.05) is 24.8 Å². The van der Waals surface area contributed by atoms with Crippen LogP contribution < -0.4 is 5.32 Å². The van der Waals surface area contributed by atoms with Crippen molar-refractivity contribution in [3.05, 3.63) is 29.3 Å². The van der Waals surface area contributed by atoms with Crippen molar-refractivity contribution < 1.29 is 14.3 Å². The van der Waals surface area contributed by atoms with Crippen molar-refractivity contribution in [3.63, 3.8) is 0 Å². The molecule has 5 heteroatoms. The largest absolute Gasteiger partial charge is 0.376 e. The quantitative estimate of drug-likeness (QED) is 0.847. The molecule has 1 aliphatic carbocycles. The molecule has 1 aromatic rings. The van der Waals surface area contributed by atoms with Crippen LogP contribution in [0, 0.1) is 19.8 Å². The Morgan fingerprint density at radius 1 is 1.15 bits per heavy atom. The predicted octanol–water partition coefficient (Wildman–Crippen LogP) is 3.44. The van der Waals surface area contributed by atoms with E-state index in [0.717, 1.165) is 61.9 Å². The zero-order valence-electron chi connectivity index (χ0n) is 15.9. The monoisotopic (exact) mass is 358 g/mol. The summed E-state index contributed by atoms with van der Waals surface area (Å²) in [5.74, 6) is 0.0575. The molecule has 1 heterocycles. The molecule has 1 saturated carbocycles. The lowest BCUT2D eigenvalue weighted by molar-refractivity contribution is -0.139. The van der Waals surface area contributed by atoms with Crippen LogP contribution in [-0.2, 0) is 14.3 Å².